The topological polar surface area (TPSA) is 42.0 Å². The molecule has 138 valence electrons. The molecule has 4 rings (SSSR count). The van der Waals surface area contributed by atoms with Gasteiger partial charge in [-0.25, -0.2) is 9.98 Å². The van der Waals surface area contributed by atoms with E-state index in [4.69, 9.17) is 23.2 Å². The average molecular weight is 407 g/mol. The van der Waals surface area contributed by atoms with E-state index >= 15 is 0 Å². The molecule has 1 heterocycles. The highest BCUT2D eigenvalue weighted by Crippen LogP contribution is 2.32. The van der Waals surface area contributed by atoms with Gasteiger partial charge in [-0.2, -0.15) is 4.99 Å². The Morgan fingerprint density at radius 1 is 0.893 bits per heavy atom. The van der Waals surface area contributed by atoms with Crippen molar-refractivity contribution >= 4 is 62.9 Å². The molecule has 0 saturated carbocycles. The number of amidine groups is 2. The van der Waals surface area contributed by atoms with Crippen LogP contribution in [0.5, 0.6) is 0 Å². The lowest BCUT2D eigenvalue weighted by molar-refractivity contribution is 1.18. The van der Waals surface area contributed by atoms with Crippen molar-refractivity contribution < 1.29 is 0 Å². The van der Waals surface area contributed by atoms with E-state index in [-0.39, 0.29) is 11.3 Å². The van der Waals surface area contributed by atoms with Crippen LogP contribution in [0.25, 0.3) is 27.5 Å². The Labute approximate surface area is 172 Å². The van der Waals surface area contributed by atoms with Crippen LogP contribution in [0, 0.1) is 0 Å². The minimum atomic E-state index is 0.0209. The highest BCUT2D eigenvalue weighted by molar-refractivity contribution is 6.66. The molecule has 0 spiro atoms. The summed E-state index contributed by atoms with van der Waals surface area (Å²) in [5, 5.41) is 2.34. The van der Waals surface area contributed by atoms with Crippen molar-refractivity contribution in [3.05, 3.63) is 78.4 Å². The Balaban J connectivity index is 2.03. The largest absolute Gasteiger partial charge is 0.309 e. The number of aliphatic imine (C=N–C) groups is 3. The second-order valence-corrected chi connectivity index (χ2v) is 6.64. The first-order valence-corrected chi connectivity index (χ1v) is 9.54. The summed E-state index contributed by atoms with van der Waals surface area (Å²) in [5.74, 6) is 0.416. The van der Waals surface area contributed by atoms with Crippen molar-refractivity contribution in [2.24, 2.45) is 15.0 Å². The minimum absolute atomic E-state index is 0.0209. The van der Waals surface area contributed by atoms with E-state index in [1.165, 1.54) is 5.39 Å². The fourth-order valence-electron chi connectivity index (χ4n) is 3.34. The lowest BCUT2D eigenvalue weighted by Gasteiger charge is -2.08. The van der Waals surface area contributed by atoms with Crippen LogP contribution < -0.4 is 0 Å². The molecular weight excluding hydrogens is 391 g/mol. The highest BCUT2D eigenvalue weighted by atomic mass is 35.5. The Hall–Kier alpha value is -2.95. The van der Waals surface area contributed by atoms with Crippen molar-refractivity contribution in [1.29, 1.82) is 0 Å². The predicted octanol–water partition coefficient (Wildman–Crippen LogP) is 6.02. The second-order valence-electron chi connectivity index (χ2n) is 6.06. The molecule has 0 fully saturated rings. The molecule has 1 aromatic heterocycles. The smallest absolute Gasteiger partial charge is 0.223 e. The van der Waals surface area contributed by atoms with Gasteiger partial charge in [0.1, 0.15) is 6.00 Å². The number of benzene rings is 3. The van der Waals surface area contributed by atoms with Gasteiger partial charge >= 0.3 is 0 Å². The molecule has 0 unspecified atom stereocenters. The summed E-state index contributed by atoms with van der Waals surface area (Å²) >= 11 is 11.8. The third-order valence-corrected chi connectivity index (χ3v) is 4.81. The van der Waals surface area contributed by atoms with Crippen LogP contribution in [-0.4, -0.2) is 28.4 Å². The number of fused-ring (bicyclic) bond motifs is 3. The Morgan fingerprint density at radius 2 is 1.61 bits per heavy atom. The number of aromatic nitrogens is 1. The second kappa shape index (κ2) is 7.97. The molecule has 6 heteroatoms. The third kappa shape index (κ3) is 3.33. The quantitative estimate of drug-likeness (QED) is 0.172. The number of hydrogen-bond donors (Lipinski definition) is 0. The van der Waals surface area contributed by atoms with Gasteiger partial charge < -0.3 is 4.57 Å². The molecule has 0 radical (unpaired) electrons. The Kier molecular flexibility index (Phi) is 5.24. The molecule has 4 aromatic rings. The molecule has 0 N–H and O–H groups in total. The molecule has 3 aromatic carbocycles. The summed E-state index contributed by atoms with van der Waals surface area (Å²) in [5.41, 5.74) is 4.06. The maximum atomic E-state index is 5.95. The lowest BCUT2D eigenvalue weighted by Crippen LogP contribution is -2.01. The maximum Gasteiger partial charge on any atom is 0.223 e. The van der Waals surface area contributed by atoms with Gasteiger partial charge in [0.15, 0.2) is 5.84 Å². The van der Waals surface area contributed by atoms with Crippen LogP contribution in [0.2, 0.25) is 0 Å². The molecule has 4 nitrogen and oxygen atoms in total. The SMILES string of the molecule is C=N/C(Cl)=N\C(=N/CCl)c1ccc2c3ccccc3n(-c3ccccc3)c2c1. The van der Waals surface area contributed by atoms with E-state index in [0.29, 0.717) is 5.84 Å². The fourth-order valence-corrected chi connectivity index (χ4v) is 3.53. The van der Waals surface area contributed by atoms with Crippen LogP contribution in [0.15, 0.2) is 87.8 Å². The fraction of sp³-hybridized carbons (Fsp3) is 0.0455. The van der Waals surface area contributed by atoms with Crippen LogP contribution in [0.4, 0.5) is 0 Å². The molecule has 0 saturated heterocycles. The van der Waals surface area contributed by atoms with E-state index in [1.54, 1.807) is 0 Å². The van der Waals surface area contributed by atoms with Crippen molar-refractivity contribution in [3.63, 3.8) is 0 Å². The monoisotopic (exact) mass is 406 g/mol. The Morgan fingerprint density at radius 3 is 2.36 bits per heavy atom. The number of hydrogen-bond acceptors (Lipinski definition) is 1. The molecular formula is C22H16Cl2N4. The van der Waals surface area contributed by atoms with E-state index < -0.39 is 0 Å². The molecule has 0 amide bonds. The van der Waals surface area contributed by atoms with Gasteiger partial charge in [0.2, 0.25) is 5.29 Å². The number of rotatable bonds is 3. The molecule has 0 aliphatic heterocycles. The molecule has 0 aliphatic rings. The van der Waals surface area contributed by atoms with Gasteiger partial charge in [-0.05, 0) is 42.6 Å². The first kappa shape index (κ1) is 18.4. The Bertz CT molecular complexity index is 1220. The summed E-state index contributed by atoms with van der Waals surface area (Å²) in [4.78, 5) is 12.1. The van der Waals surface area contributed by atoms with Gasteiger partial charge in [-0.15, -0.1) is 11.6 Å². The molecule has 0 bridgehead atoms. The zero-order chi connectivity index (χ0) is 19.5. The molecule has 28 heavy (non-hydrogen) atoms. The predicted molar refractivity (Wildman–Crippen MR) is 121 cm³/mol. The van der Waals surface area contributed by atoms with Crippen molar-refractivity contribution in [2.75, 3.05) is 6.00 Å². The van der Waals surface area contributed by atoms with Gasteiger partial charge in [-0.1, -0.05) is 48.5 Å². The molecule has 0 aliphatic carbocycles. The summed E-state index contributed by atoms with van der Waals surface area (Å²) < 4.78 is 2.23. The number of para-hydroxylation sites is 2. The number of alkyl halides is 1. The van der Waals surface area contributed by atoms with E-state index in [1.807, 2.05) is 42.5 Å². The van der Waals surface area contributed by atoms with Gasteiger partial charge in [0.25, 0.3) is 0 Å². The number of halogens is 2. The van der Waals surface area contributed by atoms with Crippen molar-refractivity contribution in [2.45, 2.75) is 0 Å². The summed E-state index contributed by atoms with van der Waals surface area (Å²) in [6, 6.07) is 24.7. The summed E-state index contributed by atoms with van der Waals surface area (Å²) in [6.45, 7) is 3.40. The third-order valence-electron chi connectivity index (χ3n) is 4.48. The van der Waals surface area contributed by atoms with E-state index in [9.17, 15) is 0 Å². The lowest BCUT2D eigenvalue weighted by atomic mass is 10.1. The summed E-state index contributed by atoms with van der Waals surface area (Å²) in [6.07, 6.45) is 0. The van der Waals surface area contributed by atoms with Crippen LogP contribution >= 0.6 is 23.2 Å². The van der Waals surface area contributed by atoms with E-state index in [0.717, 1.165) is 27.7 Å². The van der Waals surface area contributed by atoms with Crippen molar-refractivity contribution in [1.82, 2.24) is 4.57 Å². The van der Waals surface area contributed by atoms with Crippen LogP contribution in [0.3, 0.4) is 0 Å². The average Bonchev–Trinajstić information content (AvgIpc) is 3.07. The first-order chi connectivity index (χ1) is 13.7. The van der Waals surface area contributed by atoms with Crippen LogP contribution in [0.1, 0.15) is 5.56 Å². The van der Waals surface area contributed by atoms with Crippen molar-refractivity contribution in [3.8, 4) is 5.69 Å². The van der Waals surface area contributed by atoms with Crippen LogP contribution in [-0.2, 0) is 0 Å². The van der Waals surface area contributed by atoms with Gasteiger partial charge in [0.05, 0.1) is 11.0 Å². The van der Waals surface area contributed by atoms with Gasteiger partial charge in [0, 0.05) is 22.0 Å². The first-order valence-electron chi connectivity index (χ1n) is 8.63. The highest BCUT2D eigenvalue weighted by Gasteiger charge is 2.14. The molecule has 0 atom stereocenters. The van der Waals surface area contributed by atoms with E-state index in [2.05, 4.69) is 56.6 Å². The minimum Gasteiger partial charge on any atom is -0.309 e. The standard InChI is InChI=1S/C22H16Cl2N4/c1-25-22(24)27-21(26-14-23)15-11-12-18-17-9-5-6-10-19(17)28(20(18)13-15)16-7-3-2-4-8-16/h2-13H,1,14H2/b26-21-,27-22-. The van der Waals surface area contributed by atoms with Gasteiger partial charge in [-0.3, -0.25) is 0 Å². The maximum absolute atomic E-state index is 5.95. The zero-order valence-corrected chi connectivity index (χ0v) is 16.4. The normalized spacial score (nSPS) is 12.6. The summed E-state index contributed by atoms with van der Waals surface area (Å²) in [7, 11) is 0. The zero-order valence-electron chi connectivity index (χ0n) is 14.9. The number of nitrogens with zero attached hydrogens (tertiary/aromatic N) is 4.